The van der Waals surface area contributed by atoms with E-state index in [9.17, 15) is 4.79 Å². The van der Waals surface area contributed by atoms with Gasteiger partial charge in [0.05, 0.1) is 38.7 Å². The minimum atomic E-state index is 0.678. The molecule has 0 fully saturated rings. The van der Waals surface area contributed by atoms with Gasteiger partial charge in [0.15, 0.2) is 0 Å². The maximum Gasteiger partial charge on any atom is 0.150 e. The van der Waals surface area contributed by atoms with Gasteiger partial charge in [-0.15, -0.1) is 0 Å². The predicted octanol–water partition coefficient (Wildman–Crippen LogP) is 5.92. The Morgan fingerprint density at radius 2 is 1.41 bits per heavy atom. The first kappa shape index (κ1) is 20.4. The number of fused-ring (bicyclic) bond motifs is 6. The molecule has 0 aliphatic heterocycles. The van der Waals surface area contributed by atoms with Crippen molar-refractivity contribution in [1.82, 2.24) is 9.55 Å². The first-order valence-electron chi connectivity index (χ1n) is 11.1. The monoisotopic (exact) mass is 422 g/mol. The average molecular weight is 423 g/mol. The van der Waals surface area contributed by atoms with Crippen LogP contribution in [0.25, 0.3) is 44.0 Å². The van der Waals surface area contributed by atoms with Gasteiger partial charge in [0, 0.05) is 34.9 Å². The van der Waals surface area contributed by atoms with E-state index < -0.39 is 0 Å². The molecule has 0 atom stereocenters. The number of carbonyl (C=O) groups is 1. The molecule has 0 amide bonds. The Kier molecular flexibility index (Phi) is 5.03. The lowest BCUT2D eigenvalue weighted by molar-refractivity contribution is -0.870. The number of carbonyl (C=O) groups excluding carboxylic acids is 1. The van der Waals surface area contributed by atoms with Crippen molar-refractivity contribution in [2.45, 2.75) is 13.0 Å². The van der Waals surface area contributed by atoms with Gasteiger partial charge in [-0.2, -0.15) is 0 Å². The highest BCUT2D eigenvalue weighted by Gasteiger charge is 2.19. The molecule has 32 heavy (non-hydrogen) atoms. The SMILES string of the molecule is C[N+](C)(C)CCCn1c(-c2ccc(C=O)cc2)nc2c3ccccc3c3ccccc3c21. The fourth-order valence-corrected chi connectivity index (χ4v) is 4.61. The molecule has 0 unspecified atom stereocenters. The molecule has 5 rings (SSSR count). The number of aryl methyl sites for hydroxylation is 1. The van der Waals surface area contributed by atoms with Gasteiger partial charge in [-0.25, -0.2) is 4.98 Å². The molecule has 1 heterocycles. The van der Waals surface area contributed by atoms with E-state index in [1.807, 2.05) is 24.3 Å². The van der Waals surface area contributed by atoms with E-state index >= 15 is 0 Å². The second kappa shape index (κ2) is 7.88. The molecule has 0 aliphatic rings. The quantitative estimate of drug-likeness (QED) is 0.193. The van der Waals surface area contributed by atoms with Crippen LogP contribution in [0, 0.1) is 0 Å². The molecular weight excluding hydrogens is 394 g/mol. The van der Waals surface area contributed by atoms with Gasteiger partial charge in [0.1, 0.15) is 12.1 Å². The van der Waals surface area contributed by atoms with E-state index in [2.05, 4.69) is 74.2 Å². The summed E-state index contributed by atoms with van der Waals surface area (Å²) in [5.41, 5.74) is 3.94. The van der Waals surface area contributed by atoms with Crippen molar-refractivity contribution in [2.75, 3.05) is 27.7 Å². The lowest BCUT2D eigenvalue weighted by Crippen LogP contribution is -2.35. The number of imidazole rings is 1. The van der Waals surface area contributed by atoms with Gasteiger partial charge >= 0.3 is 0 Å². The van der Waals surface area contributed by atoms with Crippen LogP contribution in [0.3, 0.4) is 0 Å². The Hall–Kier alpha value is -3.50. The first-order chi connectivity index (χ1) is 15.5. The Morgan fingerprint density at radius 3 is 2.03 bits per heavy atom. The molecule has 160 valence electrons. The Morgan fingerprint density at radius 1 is 0.812 bits per heavy atom. The van der Waals surface area contributed by atoms with Crippen LogP contribution in [0.4, 0.5) is 0 Å². The standard InChI is InChI=1S/C28H28N3O/c1-31(2,3)18-8-17-30-27-25-12-7-5-10-23(25)22-9-4-6-11-24(22)26(27)29-28(30)21-15-13-20(19-32)14-16-21/h4-7,9-16,19H,8,17-18H2,1-3H3/q+1. The Balaban J connectivity index is 1.81. The molecule has 0 aliphatic carbocycles. The summed E-state index contributed by atoms with van der Waals surface area (Å²) >= 11 is 0. The molecule has 0 N–H and O–H groups in total. The smallest absolute Gasteiger partial charge is 0.150 e. The molecule has 0 spiro atoms. The van der Waals surface area contributed by atoms with Crippen LogP contribution in [0.2, 0.25) is 0 Å². The number of rotatable bonds is 6. The summed E-state index contributed by atoms with van der Waals surface area (Å²) in [4.78, 5) is 16.4. The number of hydrogen-bond acceptors (Lipinski definition) is 2. The molecule has 0 radical (unpaired) electrons. The summed E-state index contributed by atoms with van der Waals surface area (Å²) in [7, 11) is 6.69. The van der Waals surface area contributed by atoms with E-state index in [0.29, 0.717) is 5.56 Å². The van der Waals surface area contributed by atoms with Gasteiger partial charge in [-0.3, -0.25) is 4.79 Å². The van der Waals surface area contributed by atoms with E-state index in [4.69, 9.17) is 4.98 Å². The number of hydrogen-bond donors (Lipinski definition) is 0. The Bertz CT molecular complexity index is 1440. The maximum absolute atomic E-state index is 11.2. The minimum absolute atomic E-state index is 0.678. The lowest BCUT2D eigenvalue weighted by atomic mass is 10.00. The molecule has 4 aromatic carbocycles. The number of aromatic nitrogens is 2. The zero-order valence-electron chi connectivity index (χ0n) is 18.9. The topological polar surface area (TPSA) is 34.9 Å². The van der Waals surface area contributed by atoms with Gasteiger partial charge in [-0.05, 0) is 10.8 Å². The molecule has 0 bridgehead atoms. The molecule has 0 saturated carbocycles. The summed E-state index contributed by atoms with van der Waals surface area (Å²) < 4.78 is 3.31. The van der Waals surface area contributed by atoms with Crippen LogP contribution in [-0.4, -0.2) is 48.0 Å². The molecule has 0 saturated heterocycles. The predicted molar refractivity (Wildman–Crippen MR) is 133 cm³/mol. The zero-order valence-corrected chi connectivity index (χ0v) is 18.9. The summed E-state index contributed by atoms with van der Waals surface area (Å²) in [5.74, 6) is 0.959. The third-order valence-electron chi connectivity index (χ3n) is 6.14. The maximum atomic E-state index is 11.2. The van der Waals surface area contributed by atoms with Crippen molar-refractivity contribution in [3.8, 4) is 11.4 Å². The van der Waals surface area contributed by atoms with Crippen LogP contribution >= 0.6 is 0 Å². The first-order valence-corrected chi connectivity index (χ1v) is 11.1. The largest absolute Gasteiger partial charge is 0.331 e. The third kappa shape index (κ3) is 3.57. The molecule has 1 aromatic heterocycles. The fourth-order valence-electron chi connectivity index (χ4n) is 4.61. The van der Waals surface area contributed by atoms with Crippen molar-refractivity contribution < 1.29 is 9.28 Å². The average Bonchev–Trinajstić information content (AvgIpc) is 3.18. The highest BCUT2D eigenvalue weighted by molar-refractivity contribution is 6.23. The third-order valence-corrected chi connectivity index (χ3v) is 6.14. The Labute approximate surface area is 188 Å². The summed E-state index contributed by atoms with van der Waals surface area (Å²) in [6, 6.07) is 24.9. The van der Waals surface area contributed by atoms with Crippen molar-refractivity contribution >= 4 is 38.9 Å². The second-order valence-electron chi connectivity index (χ2n) is 9.48. The van der Waals surface area contributed by atoms with E-state index in [1.54, 1.807) is 0 Å². The molecule has 4 heteroatoms. The number of nitrogens with zero attached hydrogens (tertiary/aromatic N) is 3. The van der Waals surface area contributed by atoms with E-state index in [1.165, 1.54) is 27.1 Å². The van der Waals surface area contributed by atoms with Crippen molar-refractivity contribution in [3.05, 3.63) is 78.4 Å². The van der Waals surface area contributed by atoms with Crippen LogP contribution in [0.5, 0.6) is 0 Å². The molecular formula is C28H28N3O+. The summed E-state index contributed by atoms with van der Waals surface area (Å²) in [5, 5.41) is 4.90. The van der Waals surface area contributed by atoms with Gasteiger partial charge in [0.25, 0.3) is 0 Å². The molecule has 5 aromatic rings. The second-order valence-corrected chi connectivity index (χ2v) is 9.48. The molecule has 4 nitrogen and oxygen atoms in total. The summed E-state index contributed by atoms with van der Waals surface area (Å²) in [6.07, 6.45) is 1.94. The number of benzene rings is 4. The zero-order chi connectivity index (χ0) is 22.3. The number of quaternary nitrogens is 1. The van der Waals surface area contributed by atoms with Crippen molar-refractivity contribution in [3.63, 3.8) is 0 Å². The van der Waals surface area contributed by atoms with Gasteiger partial charge in [0.2, 0.25) is 0 Å². The van der Waals surface area contributed by atoms with Crippen LogP contribution in [0.1, 0.15) is 16.8 Å². The van der Waals surface area contributed by atoms with Crippen LogP contribution in [0.15, 0.2) is 72.8 Å². The lowest BCUT2D eigenvalue weighted by Gasteiger charge is -2.24. The highest BCUT2D eigenvalue weighted by atomic mass is 16.1. The van der Waals surface area contributed by atoms with Crippen molar-refractivity contribution in [1.29, 1.82) is 0 Å². The summed E-state index contributed by atoms with van der Waals surface area (Å²) in [6.45, 7) is 1.97. The minimum Gasteiger partial charge on any atom is -0.331 e. The van der Waals surface area contributed by atoms with Gasteiger partial charge < -0.3 is 9.05 Å². The van der Waals surface area contributed by atoms with Crippen molar-refractivity contribution in [2.24, 2.45) is 0 Å². The van der Waals surface area contributed by atoms with E-state index in [-0.39, 0.29) is 0 Å². The highest BCUT2D eigenvalue weighted by Crippen LogP contribution is 2.37. The fraction of sp³-hybridized carbons (Fsp3) is 0.214. The van der Waals surface area contributed by atoms with Gasteiger partial charge in [-0.1, -0.05) is 72.8 Å². The number of aldehydes is 1. The van der Waals surface area contributed by atoms with Crippen LogP contribution in [-0.2, 0) is 6.54 Å². The van der Waals surface area contributed by atoms with Crippen LogP contribution < -0.4 is 0 Å². The normalized spacial score (nSPS) is 12.1. The van der Waals surface area contributed by atoms with E-state index in [0.717, 1.165) is 47.2 Å².